The van der Waals surface area contributed by atoms with Crippen LogP contribution in [0.1, 0.15) is 24.8 Å². The summed E-state index contributed by atoms with van der Waals surface area (Å²) >= 11 is 0. The summed E-state index contributed by atoms with van der Waals surface area (Å²) in [4.78, 5) is 0. The fourth-order valence-corrected chi connectivity index (χ4v) is 1.36. The molecule has 1 aromatic rings. The first-order valence-corrected chi connectivity index (χ1v) is 4.62. The fourth-order valence-electron chi connectivity index (χ4n) is 1.36. The normalized spacial score (nSPS) is 20.1. The van der Waals surface area contributed by atoms with Gasteiger partial charge in [0.25, 0.3) is 0 Å². The number of halogens is 1. The van der Waals surface area contributed by atoms with E-state index in [4.69, 9.17) is 13.9 Å². The van der Waals surface area contributed by atoms with E-state index in [-0.39, 0.29) is 38.2 Å². The van der Waals surface area contributed by atoms with Gasteiger partial charge in [0.1, 0.15) is 0 Å². The van der Waals surface area contributed by atoms with Crippen LogP contribution in [0.4, 0.5) is 0 Å². The third-order valence-electron chi connectivity index (χ3n) is 2.10. The molecule has 0 aromatic carbocycles. The van der Waals surface area contributed by atoms with Gasteiger partial charge in [-0.3, -0.25) is 0 Å². The van der Waals surface area contributed by atoms with Crippen molar-refractivity contribution in [2.45, 2.75) is 32.2 Å². The first-order valence-electron chi connectivity index (χ1n) is 4.62. The van der Waals surface area contributed by atoms with E-state index in [1.807, 2.05) is 0 Å². The minimum absolute atomic E-state index is 0. The minimum Gasteiger partial charge on any atom is -1.00 e. The molecule has 0 amide bonds. The van der Waals surface area contributed by atoms with E-state index in [1.165, 1.54) is 6.42 Å². The van der Waals surface area contributed by atoms with Gasteiger partial charge in [-0.15, -0.1) is 0 Å². The molecule has 2 heterocycles. The van der Waals surface area contributed by atoms with Gasteiger partial charge < -0.3 is 26.3 Å². The molecule has 3 nitrogen and oxygen atoms in total. The van der Waals surface area contributed by atoms with E-state index in [2.05, 4.69) is 6.26 Å². The van der Waals surface area contributed by atoms with E-state index >= 15 is 0 Å². The van der Waals surface area contributed by atoms with Crippen molar-refractivity contribution < 1.29 is 45.8 Å². The molecule has 1 aliphatic heterocycles. The molecule has 0 saturated carbocycles. The van der Waals surface area contributed by atoms with Crippen molar-refractivity contribution in [2.75, 3.05) is 6.61 Å². The van der Waals surface area contributed by atoms with Gasteiger partial charge in [-0.1, -0.05) is 0 Å². The summed E-state index contributed by atoms with van der Waals surface area (Å²) in [5.74, 6) is 0. The van der Waals surface area contributed by atoms with Gasteiger partial charge in [0.15, 0.2) is 12.6 Å². The van der Waals surface area contributed by atoms with E-state index in [0.717, 1.165) is 25.0 Å². The predicted octanol–water partition coefficient (Wildman–Crippen LogP) is -0.876. The average molecular weight is 282 g/mol. The van der Waals surface area contributed by atoms with Crippen molar-refractivity contribution in [3.05, 3.63) is 24.2 Å². The van der Waals surface area contributed by atoms with Crippen LogP contribution in [0.15, 0.2) is 16.7 Å². The number of hydrogen-bond donors (Lipinski definition) is 0. The molecule has 5 heteroatoms. The van der Waals surface area contributed by atoms with Gasteiger partial charge in [-0.2, -0.15) is 0 Å². The smallest absolute Gasteiger partial charge is 0.169 e. The first-order chi connectivity index (χ1) is 6.45. The summed E-state index contributed by atoms with van der Waals surface area (Å²) in [6.07, 6.45) is 7.59. The molecule has 1 saturated heterocycles. The summed E-state index contributed by atoms with van der Waals surface area (Å²) in [7, 11) is 0. The maximum atomic E-state index is 5.53. The predicted molar refractivity (Wildman–Crippen MR) is 45.9 cm³/mol. The second-order valence-electron chi connectivity index (χ2n) is 3.18. The Morgan fingerprint density at radius 1 is 1.47 bits per heavy atom. The molecule has 0 N–H and O–H groups in total. The average Bonchev–Trinajstić information content (AvgIpc) is 2.69. The van der Waals surface area contributed by atoms with Crippen molar-refractivity contribution in [3.63, 3.8) is 0 Å². The zero-order valence-electron chi connectivity index (χ0n) is 8.58. The van der Waals surface area contributed by atoms with Crippen LogP contribution in [-0.4, -0.2) is 12.9 Å². The zero-order chi connectivity index (χ0) is 8.93. The molecule has 1 radical (unpaired) electrons. The molecule has 0 spiro atoms. The van der Waals surface area contributed by atoms with Crippen LogP contribution in [0.5, 0.6) is 0 Å². The monoisotopic (exact) mass is 280 g/mol. The summed E-state index contributed by atoms with van der Waals surface area (Å²) < 4.78 is 15.7. The Hall–Kier alpha value is 0.113. The van der Waals surface area contributed by atoms with Crippen LogP contribution in [0.25, 0.3) is 0 Å². The van der Waals surface area contributed by atoms with Gasteiger partial charge in [0.05, 0.1) is 12.9 Å². The Morgan fingerprint density at radius 2 is 2.33 bits per heavy atom. The quantitative estimate of drug-likeness (QED) is 0.675. The zero-order valence-corrected chi connectivity index (χ0v) is 12.3. The van der Waals surface area contributed by atoms with E-state index in [9.17, 15) is 0 Å². The number of ether oxygens (including phenoxy) is 2. The van der Waals surface area contributed by atoms with Crippen LogP contribution < -0.4 is 12.4 Å². The largest absolute Gasteiger partial charge is 1.00 e. The molecular weight excluding hydrogens is 269 g/mol. The van der Waals surface area contributed by atoms with Gasteiger partial charge in [-0.05, 0) is 25.3 Å². The Bertz CT molecular complexity index is 235. The molecule has 1 aromatic heterocycles. The first kappa shape index (κ1) is 15.1. The second-order valence-corrected chi connectivity index (χ2v) is 3.18. The standard InChI is InChI=1S/C10H13O3.ClH.Zn/c1-2-5-12-10(3-1)13-8-9-4-6-11-7-9;;/h4,7,10H,1-3,5,8H2;1H;/p-1. The SMILES string of the molecule is [Cl-].[Zn].[c]1cc(COC2CCCCO2)co1. The van der Waals surface area contributed by atoms with Gasteiger partial charge in [-0.25, -0.2) is 0 Å². The summed E-state index contributed by atoms with van der Waals surface area (Å²) in [5.41, 5.74) is 1.01. The van der Waals surface area contributed by atoms with Crippen molar-refractivity contribution in [1.29, 1.82) is 0 Å². The molecular formula is C10H13ClO3Zn-. The maximum Gasteiger partial charge on any atom is 0.169 e. The van der Waals surface area contributed by atoms with Crippen LogP contribution in [0.3, 0.4) is 0 Å². The van der Waals surface area contributed by atoms with Crippen molar-refractivity contribution in [3.8, 4) is 0 Å². The van der Waals surface area contributed by atoms with Gasteiger partial charge in [0, 0.05) is 31.6 Å². The van der Waals surface area contributed by atoms with Crippen molar-refractivity contribution in [1.82, 2.24) is 0 Å². The van der Waals surface area contributed by atoms with Crippen LogP contribution in [0.2, 0.25) is 0 Å². The Labute approximate surface area is 109 Å². The molecule has 1 unspecified atom stereocenters. The van der Waals surface area contributed by atoms with Crippen LogP contribution >= 0.6 is 0 Å². The van der Waals surface area contributed by atoms with Crippen LogP contribution in [-0.2, 0) is 35.6 Å². The Balaban J connectivity index is 0.000000980. The number of furan rings is 1. The molecule has 15 heavy (non-hydrogen) atoms. The fraction of sp³-hybridized carbons (Fsp3) is 0.600. The van der Waals surface area contributed by atoms with E-state index in [1.54, 1.807) is 12.3 Å². The number of rotatable bonds is 3. The number of hydrogen-bond acceptors (Lipinski definition) is 3. The van der Waals surface area contributed by atoms with Crippen LogP contribution in [0, 0.1) is 6.26 Å². The second kappa shape index (κ2) is 8.29. The molecule has 2 rings (SSSR count). The summed E-state index contributed by atoms with van der Waals surface area (Å²) in [5, 5.41) is 0. The molecule has 0 aliphatic carbocycles. The van der Waals surface area contributed by atoms with Crippen molar-refractivity contribution >= 4 is 0 Å². The maximum absolute atomic E-state index is 5.53. The van der Waals surface area contributed by atoms with Crippen molar-refractivity contribution in [2.24, 2.45) is 0 Å². The van der Waals surface area contributed by atoms with Gasteiger partial charge >= 0.3 is 0 Å². The molecule has 1 atom stereocenters. The topological polar surface area (TPSA) is 31.6 Å². The van der Waals surface area contributed by atoms with Gasteiger partial charge in [0.2, 0.25) is 0 Å². The summed E-state index contributed by atoms with van der Waals surface area (Å²) in [6, 6.07) is 1.78. The minimum atomic E-state index is -0.0244. The Kier molecular flexibility index (Phi) is 8.35. The molecule has 1 aliphatic rings. The Morgan fingerprint density at radius 3 is 2.93 bits per heavy atom. The third-order valence-corrected chi connectivity index (χ3v) is 2.10. The molecule has 0 bridgehead atoms. The van der Waals surface area contributed by atoms with E-state index in [0.29, 0.717) is 6.61 Å². The summed E-state index contributed by atoms with van der Waals surface area (Å²) in [6.45, 7) is 1.37. The molecule has 1 fully saturated rings. The third kappa shape index (κ3) is 5.12. The molecule has 81 valence electrons. The van der Waals surface area contributed by atoms with E-state index < -0.39 is 0 Å².